The predicted octanol–water partition coefficient (Wildman–Crippen LogP) is 1.81. The maximum atomic E-state index is 12.5. The van der Waals surface area contributed by atoms with Gasteiger partial charge in [-0.05, 0) is 30.3 Å². The van der Waals surface area contributed by atoms with Gasteiger partial charge in [0.25, 0.3) is 5.91 Å². The SMILES string of the molecule is Nc1cc(N)cc(C(=O)N2CCN(c3ccccc3)CC2)c1. The molecular weight excluding hydrogens is 276 g/mol. The number of hydrogen-bond donors (Lipinski definition) is 2. The Balaban J connectivity index is 1.67. The summed E-state index contributed by atoms with van der Waals surface area (Å²) in [5.41, 5.74) is 14.3. The van der Waals surface area contributed by atoms with Crippen molar-refractivity contribution in [3.8, 4) is 0 Å². The molecule has 2 aromatic carbocycles. The van der Waals surface area contributed by atoms with E-state index in [1.807, 2.05) is 23.1 Å². The van der Waals surface area contributed by atoms with E-state index >= 15 is 0 Å². The molecule has 1 saturated heterocycles. The van der Waals surface area contributed by atoms with Crippen LogP contribution in [0.25, 0.3) is 0 Å². The molecule has 0 radical (unpaired) electrons. The van der Waals surface area contributed by atoms with Crippen LogP contribution in [0.5, 0.6) is 0 Å². The molecule has 1 fully saturated rings. The van der Waals surface area contributed by atoms with E-state index in [0.29, 0.717) is 30.0 Å². The van der Waals surface area contributed by atoms with Gasteiger partial charge in [0.15, 0.2) is 0 Å². The van der Waals surface area contributed by atoms with Crippen LogP contribution in [0.15, 0.2) is 48.5 Å². The predicted molar refractivity (Wildman–Crippen MR) is 89.8 cm³/mol. The van der Waals surface area contributed by atoms with Gasteiger partial charge in [0.1, 0.15) is 0 Å². The largest absolute Gasteiger partial charge is 0.399 e. The van der Waals surface area contributed by atoms with E-state index in [0.717, 1.165) is 13.1 Å². The van der Waals surface area contributed by atoms with Crippen LogP contribution in [-0.4, -0.2) is 37.0 Å². The number of carbonyl (C=O) groups excluding carboxylic acids is 1. The molecular formula is C17H20N4O. The summed E-state index contributed by atoms with van der Waals surface area (Å²) in [5.74, 6) is -0.00767. The molecule has 0 bridgehead atoms. The number of para-hydroxylation sites is 1. The Morgan fingerprint density at radius 3 is 2.05 bits per heavy atom. The summed E-state index contributed by atoms with van der Waals surface area (Å²) in [4.78, 5) is 16.7. The van der Waals surface area contributed by atoms with Gasteiger partial charge < -0.3 is 21.3 Å². The molecule has 2 aromatic rings. The van der Waals surface area contributed by atoms with Crippen molar-refractivity contribution in [2.45, 2.75) is 0 Å². The fourth-order valence-electron chi connectivity index (χ4n) is 2.79. The number of nitrogens with two attached hydrogens (primary N) is 2. The minimum Gasteiger partial charge on any atom is -0.399 e. The summed E-state index contributed by atoms with van der Waals surface area (Å²) in [5, 5.41) is 0. The first-order chi connectivity index (χ1) is 10.6. The molecule has 5 nitrogen and oxygen atoms in total. The Morgan fingerprint density at radius 2 is 1.45 bits per heavy atom. The van der Waals surface area contributed by atoms with Crippen LogP contribution in [0.2, 0.25) is 0 Å². The van der Waals surface area contributed by atoms with Gasteiger partial charge in [-0.15, -0.1) is 0 Å². The first kappa shape index (κ1) is 14.3. The molecule has 1 heterocycles. The minimum absolute atomic E-state index is 0.00767. The molecule has 1 aliphatic heterocycles. The van der Waals surface area contributed by atoms with Crippen molar-refractivity contribution in [3.63, 3.8) is 0 Å². The Morgan fingerprint density at radius 1 is 0.864 bits per heavy atom. The molecule has 0 aromatic heterocycles. The molecule has 4 N–H and O–H groups in total. The topological polar surface area (TPSA) is 75.6 Å². The van der Waals surface area contributed by atoms with Gasteiger partial charge in [0, 0.05) is 48.8 Å². The summed E-state index contributed by atoms with van der Waals surface area (Å²) in [6, 6.07) is 15.3. The molecule has 0 unspecified atom stereocenters. The van der Waals surface area contributed by atoms with Gasteiger partial charge >= 0.3 is 0 Å². The number of rotatable bonds is 2. The van der Waals surface area contributed by atoms with E-state index in [-0.39, 0.29) is 5.91 Å². The van der Waals surface area contributed by atoms with Crippen LogP contribution >= 0.6 is 0 Å². The van der Waals surface area contributed by atoms with Crippen molar-refractivity contribution in [2.75, 3.05) is 42.5 Å². The fraction of sp³-hybridized carbons (Fsp3) is 0.235. The second kappa shape index (κ2) is 5.97. The first-order valence-electron chi connectivity index (χ1n) is 7.39. The lowest BCUT2D eigenvalue weighted by atomic mass is 10.1. The lowest BCUT2D eigenvalue weighted by molar-refractivity contribution is 0.0747. The Kier molecular flexibility index (Phi) is 3.87. The fourth-order valence-corrected chi connectivity index (χ4v) is 2.79. The third-order valence-electron chi connectivity index (χ3n) is 3.91. The molecule has 0 aliphatic carbocycles. The lowest BCUT2D eigenvalue weighted by Gasteiger charge is -2.36. The molecule has 0 spiro atoms. The zero-order chi connectivity index (χ0) is 15.5. The summed E-state index contributed by atoms with van der Waals surface area (Å²) < 4.78 is 0. The maximum absolute atomic E-state index is 12.5. The second-order valence-corrected chi connectivity index (χ2v) is 5.50. The molecule has 5 heteroatoms. The van der Waals surface area contributed by atoms with E-state index in [1.165, 1.54) is 5.69 Å². The monoisotopic (exact) mass is 296 g/mol. The van der Waals surface area contributed by atoms with Crippen molar-refractivity contribution >= 4 is 23.0 Å². The van der Waals surface area contributed by atoms with Crippen LogP contribution in [0.3, 0.4) is 0 Å². The van der Waals surface area contributed by atoms with Gasteiger partial charge in [0.2, 0.25) is 0 Å². The zero-order valence-electron chi connectivity index (χ0n) is 12.4. The van der Waals surface area contributed by atoms with Gasteiger partial charge in [-0.1, -0.05) is 18.2 Å². The van der Waals surface area contributed by atoms with Crippen LogP contribution < -0.4 is 16.4 Å². The van der Waals surface area contributed by atoms with Gasteiger partial charge in [0.05, 0.1) is 0 Å². The van der Waals surface area contributed by atoms with Crippen LogP contribution in [0.1, 0.15) is 10.4 Å². The normalized spacial score (nSPS) is 14.9. The molecule has 0 atom stereocenters. The second-order valence-electron chi connectivity index (χ2n) is 5.50. The quantitative estimate of drug-likeness (QED) is 0.829. The summed E-state index contributed by atoms with van der Waals surface area (Å²) >= 11 is 0. The van der Waals surface area contributed by atoms with Crippen molar-refractivity contribution < 1.29 is 4.79 Å². The number of carbonyl (C=O) groups is 1. The van der Waals surface area contributed by atoms with E-state index in [1.54, 1.807) is 18.2 Å². The number of piperazine rings is 1. The van der Waals surface area contributed by atoms with E-state index < -0.39 is 0 Å². The highest BCUT2D eigenvalue weighted by molar-refractivity contribution is 5.96. The minimum atomic E-state index is -0.00767. The van der Waals surface area contributed by atoms with E-state index in [9.17, 15) is 4.79 Å². The summed E-state index contributed by atoms with van der Waals surface area (Å²) in [6.45, 7) is 3.05. The van der Waals surface area contributed by atoms with Crippen LogP contribution in [0, 0.1) is 0 Å². The number of anilines is 3. The lowest BCUT2D eigenvalue weighted by Crippen LogP contribution is -2.48. The zero-order valence-corrected chi connectivity index (χ0v) is 12.4. The Bertz CT molecular complexity index is 643. The highest BCUT2D eigenvalue weighted by Gasteiger charge is 2.22. The van der Waals surface area contributed by atoms with Crippen molar-refractivity contribution in [1.82, 2.24) is 4.90 Å². The molecule has 22 heavy (non-hydrogen) atoms. The number of benzene rings is 2. The van der Waals surface area contributed by atoms with Crippen molar-refractivity contribution in [2.24, 2.45) is 0 Å². The van der Waals surface area contributed by atoms with Crippen molar-refractivity contribution in [1.29, 1.82) is 0 Å². The number of nitrogen functional groups attached to an aromatic ring is 2. The molecule has 1 amide bonds. The molecule has 0 saturated carbocycles. The number of hydrogen-bond acceptors (Lipinski definition) is 4. The Hall–Kier alpha value is -2.69. The van der Waals surface area contributed by atoms with Crippen molar-refractivity contribution in [3.05, 3.63) is 54.1 Å². The smallest absolute Gasteiger partial charge is 0.254 e. The van der Waals surface area contributed by atoms with Crippen LogP contribution in [0.4, 0.5) is 17.1 Å². The van der Waals surface area contributed by atoms with Gasteiger partial charge in [-0.2, -0.15) is 0 Å². The molecule has 114 valence electrons. The highest BCUT2D eigenvalue weighted by atomic mass is 16.2. The van der Waals surface area contributed by atoms with Gasteiger partial charge in [-0.3, -0.25) is 4.79 Å². The average Bonchev–Trinajstić information content (AvgIpc) is 2.54. The molecule has 3 rings (SSSR count). The number of amides is 1. The summed E-state index contributed by atoms with van der Waals surface area (Å²) in [7, 11) is 0. The average molecular weight is 296 g/mol. The van der Waals surface area contributed by atoms with Gasteiger partial charge in [-0.25, -0.2) is 0 Å². The first-order valence-corrected chi connectivity index (χ1v) is 7.39. The van der Waals surface area contributed by atoms with E-state index in [2.05, 4.69) is 17.0 Å². The van der Waals surface area contributed by atoms with E-state index in [4.69, 9.17) is 11.5 Å². The Labute approximate surface area is 130 Å². The van der Waals surface area contributed by atoms with Crippen LogP contribution in [-0.2, 0) is 0 Å². The molecule has 1 aliphatic rings. The standard InChI is InChI=1S/C17H20N4O/c18-14-10-13(11-15(19)12-14)17(22)21-8-6-20(7-9-21)16-4-2-1-3-5-16/h1-5,10-12H,6-9,18-19H2. The number of nitrogens with zero attached hydrogens (tertiary/aromatic N) is 2. The highest BCUT2D eigenvalue weighted by Crippen LogP contribution is 2.19. The summed E-state index contributed by atoms with van der Waals surface area (Å²) in [6.07, 6.45) is 0. The third-order valence-corrected chi connectivity index (χ3v) is 3.91. The maximum Gasteiger partial charge on any atom is 0.254 e. The third kappa shape index (κ3) is 2.98.